The summed E-state index contributed by atoms with van der Waals surface area (Å²) in [5, 5.41) is 19.4. The fraction of sp³-hybridized carbons (Fsp3) is 0.815. The summed E-state index contributed by atoms with van der Waals surface area (Å²) in [7, 11) is 0. The van der Waals surface area contributed by atoms with E-state index in [1.54, 1.807) is 0 Å². The Morgan fingerprint density at radius 2 is 2.25 bits per heavy atom. The van der Waals surface area contributed by atoms with Crippen molar-refractivity contribution in [1.82, 2.24) is 16.0 Å². The number of rotatable bonds is 11. The van der Waals surface area contributed by atoms with Crippen molar-refractivity contribution < 1.29 is 18.8 Å². The molecule has 0 bridgehead atoms. The first-order valence-corrected chi connectivity index (χ1v) is 13.9. The van der Waals surface area contributed by atoms with E-state index in [2.05, 4.69) is 59.7 Å². The molecule has 0 aromatic heterocycles. The minimum Gasteiger partial charge on any atom is -0.379 e. The molecule has 1 amide bonds. The lowest BCUT2D eigenvalue weighted by atomic mass is 9.88. The third kappa shape index (κ3) is 7.75. The maximum atomic E-state index is 13.8. The molecule has 0 radical (unpaired) electrons. The summed E-state index contributed by atoms with van der Waals surface area (Å²) < 4.78 is 14.2. The average Bonchev–Trinajstić information content (AvgIpc) is 2.88. The Bertz CT molecular complexity index is 804. The van der Waals surface area contributed by atoms with Gasteiger partial charge in [-0.2, -0.15) is 5.26 Å². The molecule has 5 N–H and O–H groups in total. The number of nitrogens with zero attached hydrogens (tertiary/aromatic N) is 2. The zero-order valence-corrected chi connectivity index (χ0v) is 22.4. The molecule has 36 heavy (non-hydrogen) atoms. The molecule has 3 aliphatic heterocycles. The monoisotopic (exact) mass is 503 g/mol. The van der Waals surface area contributed by atoms with Crippen molar-refractivity contribution in [2.45, 2.75) is 96.2 Å². The van der Waals surface area contributed by atoms with E-state index in [1.165, 1.54) is 0 Å². The summed E-state index contributed by atoms with van der Waals surface area (Å²) in [5.41, 5.74) is 7.65. The van der Waals surface area contributed by atoms with Crippen molar-refractivity contribution in [3.05, 3.63) is 11.8 Å². The van der Waals surface area contributed by atoms with Crippen LogP contribution in [-0.4, -0.2) is 80.0 Å². The van der Waals surface area contributed by atoms with E-state index in [1.807, 2.05) is 0 Å². The lowest BCUT2D eigenvalue weighted by Gasteiger charge is -2.38. The average molecular weight is 504 g/mol. The van der Waals surface area contributed by atoms with E-state index < -0.39 is 12.1 Å². The van der Waals surface area contributed by atoms with Crippen molar-refractivity contribution >= 4 is 12.1 Å². The lowest BCUT2D eigenvalue weighted by Crippen LogP contribution is -2.63. The molecule has 7 atom stereocenters. The van der Waals surface area contributed by atoms with Gasteiger partial charge in [0.05, 0.1) is 37.1 Å². The number of allylic oxidation sites excluding steroid dienone is 1. The van der Waals surface area contributed by atoms with Gasteiger partial charge in [0.1, 0.15) is 18.7 Å². The molecule has 2 saturated heterocycles. The number of nitrogens with two attached hydrogens (primary N) is 1. The Labute approximate surface area is 216 Å². The summed E-state index contributed by atoms with van der Waals surface area (Å²) in [5.74, 6) is -0.375. The highest BCUT2D eigenvalue weighted by Crippen LogP contribution is 2.23. The highest BCUT2D eigenvalue weighted by Gasteiger charge is 2.44. The summed E-state index contributed by atoms with van der Waals surface area (Å²) in [4.78, 5) is 13.8. The summed E-state index contributed by atoms with van der Waals surface area (Å²) in [6, 6.07) is 2.02. The molecule has 9 heteroatoms. The van der Waals surface area contributed by atoms with Crippen LogP contribution in [0.15, 0.2) is 11.8 Å². The number of carbonyl (C=O) groups excluding carboxylic acids is 1. The topological polar surface area (TPSA) is 124 Å². The third-order valence-electron chi connectivity index (χ3n) is 7.56. The maximum Gasteiger partial charge on any atom is 0.234 e. The number of amides is 1. The second kappa shape index (κ2) is 14.7. The lowest BCUT2D eigenvalue weighted by molar-refractivity contribution is -0.556. The van der Waals surface area contributed by atoms with Crippen LogP contribution in [0.2, 0.25) is 0 Å². The molecule has 7 unspecified atom stereocenters. The Hall–Kier alpha value is -1.99. The quantitative estimate of drug-likeness (QED) is 0.249. The minimum absolute atomic E-state index is 0.0479. The molecule has 0 aromatic rings. The SMILES string of the molecule is CCCC(C=[N+](CC)C1C=C(CC)NC(N)C1C(=O)NC1CNCCC1OC1CCCOC1)CC#N. The normalized spacial score (nSPS) is 32.1. The molecule has 3 rings (SSSR count). The number of likely N-dealkylation sites (N-methyl/N-ethyl adjacent to an activating group) is 1. The zero-order chi connectivity index (χ0) is 25.9. The Morgan fingerprint density at radius 3 is 2.92 bits per heavy atom. The van der Waals surface area contributed by atoms with Crippen LogP contribution in [0.25, 0.3) is 0 Å². The van der Waals surface area contributed by atoms with Gasteiger partial charge in [-0.1, -0.05) is 20.3 Å². The van der Waals surface area contributed by atoms with Gasteiger partial charge >= 0.3 is 0 Å². The van der Waals surface area contributed by atoms with E-state index >= 15 is 0 Å². The highest BCUT2D eigenvalue weighted by atomic mass is 16.5. The van der Waals surface area contributed by atoms with Crippen LogP contribution in [0.5, 0.6) is 0 Å². The van der Waals surface area contributed by atoms with Crippen molar-refractivity contribution in [2.24, 2.45) is 17.6 Å². The molecule has 3 heterocycles. The number of ether oxygens (including phenoxy) is 2. The number of nitriles is 1. The van der Waals surface area contributed by atoms with Gasteiger partial charge in [-0.25, -0.2) is 4.58 Å². The minimum atomic E-state index is -0.499. The van der Waals surface area contributed by atoms with E-state index in [-0.39, 0.29) is 36.1 Å². The fourth-order valence-electron chi connectivity index (χ4n) is 5.60. The zero-order valence-electron chi connectivity index (χ0n) is 22.4. The van der Waals surface area contributed by atoms with Crippen LogP contribution in [0, 0.1) is 23.2 Å². The standard InChI is InChI=1S/C27H46N6O3/c1-4-8-19(10-12-28)17-33(6-3)23-15-20(5-2)31-26(29)25(23)27(34)32-22-16-30-13-11-24(22)36-21-9-7-14-35-18-21/h15,17,19,21-26,30-31H,4-11,13-14,16,18,29H2,1-3H3/p+1. The number of hydrogen-bond acceptors (Lipinski definition) is 7. The first-order chi connectivity index (χ1) is 17.5. The van der Waals surface area contributed by atoms with E-state index in [4.69, 9.17) is 15.2 Å². The summed E-state index contributed by atoms with van der Waals surface area (Å²) >= 11 is 0. The third-order valence-corrected chi connectivity index (χ3v) is 7.56. The molecule has 0 aliphatic carbocycles. The highest BCUT2D eigenvalue weighted by molar-refractivity contribution is 5.81. The van der Waals surface area contributed by atoms with Crippen molar-refractivity contribution in [2.75, 3.05) is 32.8 Å². The van der Waals surface area contributed by atoms with Crippen LogP contribution in [0.1, 0.15) is 65.7 Å². The molecular weight excluding hydrogens is 456 g/mol. The van der Waals surface area contributed by atoms with Crippen LogP contribution < -0.4 is 21.7 Å². The second-order valence-electron chi connectivity index (χ2n) is 10.2. The van der Waals surface area contributed by atoms with Crippen molar-refractivity contribution in [3.8, 4) is 6.07 Å². The van der Waals surface area contributed by atoms with Gasteiger partial charge in [-0.3, -0.25) is 4.79 Å². The first kappa shape index (κ1) is 28.6. The van der Waals surface area contributed by atoms with Crippen LogP contribution in [0.4, 0.5) is 0 Å². The fourth-order valence-corrected chi connectivity index (χ4v) is 5.60. The van der Waals surface area contributed by atoms with Gasteiger partial charge in [0.2, 0.25) is 5.91 Å². The van der Waals surface area contributed by atoms with Gasteiger partial charge in [0.25, 0.3) is 0 Å². The molecule has 2 fully saturated rings. The Balaban J connectivity index is 1.80. The predicted octanol–water partition coefficient (Wildman–Crippen LogP) is 1.63. The Morgan fingerprint density at radius 1 is 1.42 bits per heavy atom. The molecule has 3 aliphatic rings. The van der Waals surface area contributed by atoms with Gasteiger partial charge in [0, 0.05) is 37.3 Å². The van der Waals surface area contributed by atoms with Crippen molar-refractivity contribution in [3.63, 3.8) is 0 Å². The number of nitrogens with one attached hydrogen (secondary N) is 3. The van der Waals surface area contributed by atoms with E-state index in [0.29, 0.717) is 19.6 Å². The van der Waals surface area contributed by atoms with Gasteiger partial charge < -0.3 is 31.2 Å². The van der Waals surface area contributed by atoms with E-state index in [9.17, 15) is 10.1 Å². The van der Waals surface area contributed by atoms with Crippen LogP contribution in [-0.2, 0) is 14.3 Å². The molecule has 0 saturated carbocycles. The molecule has 202 valence electrons. The summed E-state index contributed by atoms with van der Waals surface area (Å²) in [6.45, 7) is 10.0. The number of hydrogen-bond donors (Lipinski definition) is 4. The molecule has 9 nitrogen and oxygen atoms in total. The van der Waals surface area contributed by atoms with Gasteiger partial charge in [0.15, 0.2) is 6.04 Å². The number of piperidine rings is 1. The first-order valence-electron chi connectivity index (χ1n) is 13.9. The largest absolute Gasteiger partial charge is 0.379 e. The maximum absolute atomic E-state index is 13.8. The summed E-state index contributed by atoms with van der Waals surface area (Å²) in [6.07, 6.45) is 9.95. The van der Waals surface area contributed by atoms with E-state index in [0.717, 1.165) is 63.9 Å². The van der Waals surface area contributed by atoms with Gasteiger partial charge in [-0.05, 0) is 45.6 Å². The van der Waals surface area contributed by atoms with Gasteiger partial charge in [-0.15, -0.1) is 0 Å². The smallest absolute Gasteiger partial charge is 0.234 e. The number of carbonyl (C=O) groups is 1. The second-order valence-corrected chi connectivity index (χ2v) is 10.2. The molecular formula is C27H47N6O3+. The van der Waals surface area contributed by atoms with Crippen molar-refractivity contribution in [1.29, 1.82) is 5.26 Å². The Kier molecular flexibility index (Phi) is 11.6. The predicted molar refractivity (Wildman–Crippen MR) is 140 cm³/mol. The van der Waals surface area contributed by atoms with Crippen LogP contribution >= 0.6 is 0 Å². The van der Waals surface area contributed by atoms with Crippen LogP contribution in [0.3, 0.4) is 0 Å². The molecule has 0 spiro atoms. The molecule has 0 aromatic carbocycles.